The SMILES string of the molecule is O=C(NC(C(=O)NCC1CNCC1O)c1ccccc1)c1ccccc1. The van der Waals surface area contributed by atoms with Gasteiger partial charge in [-0.15, -0.1) is 0 Å². The summed E-state index contributed by atoms with van der Waals surface area (Å²) in [5.41, 5.74) is 1.20. The Morgan fingerprint density at radius 1 is 1.04 bits per heavy atom. The Balaban J connectivity index is 1.71. The first-order chi connectivity index (χ1) is 12.6. The average molecular weight is 353 g/mol. The number of rotatable bonds is 6. The molecule has 3 atom stereocenters. The van der Waals surface area contributed by atoms with Gasteiger partial charge < -0.3 is 21.1 Å². The van der Waals surface area contributed by atoms with E-state index in [0.717, 1.165) is 0 Å². The molecule has 0 saturated carbocycles. The van der Waals surface area contributed by atoms with E-state index < -0.39 is 12.1 Å². The van der Waals surface area contributed by atoms with E-state index in [0.29, 0.717) is 30.8 Å². The van der Waals surface area contributed by atoms with Crippen molar-refractivity contribution < 1.29 is 14.7 Å². The number of hydrogen-bond donors (Lipinski definition) is 4. The lowest BCUT2D eigenvalue weighted by molar-refractivity contribution is -0.123. The Morgan fingerprint density at radius 2 is 1.69 bits per heavy atom. The number of amides is 2. The number of carbonyl (C=O) groups is 2. The summed E-state index contributed by atoms with van der Waals surface area (Å²) < 4.78 is 0. The van der Waals surface area contributed by atoms with Gasteiger partial charge in [0.15, 0.2) is 0 Å². The summed E-state index contributed by atoms with van der Waals surface area (Å²) in [5.74, 6) is -0.628. The summed E-state index contributed by atoms with van der Waals surface area (Å²) in [5, 5.41) is 18.6. The van der Waals surface area contributed by atoms with Gasteiger partial charge in [-0.1, -0.05) is 48.5 Å². The van der Waals surface area contributed by atoms with Crippen LogP contribution in [0.15, 0.2) is 60.7 Å². The smallest absolute Gasteiger partial charge is 0.252 e. The first-order valence-electron chi connectivity index (χ1n) is 8.72. The molecule has 4 N–H and O–H groups in total. The lowest BCUT2D eigenvalue weighted by Crippen LogP contribution is -2.43. The van der Waals surface area contributed by atoms with Gasteiger partial charge in [0.05, 0.1) is 6.10 Å². The number of β-amino-alcohol motifs (C(OH)–C–C–N with tert-alkyl or cyclic N) is 1. The molecule has 0 bridgehead atoms. The van der Waals surface area contributed by atoms with E-state index in [2.05, 4.69) is 16.0 Å². The van der Waals surface area contributed by atoms with Gasteiger partial charge in [-0.2, -0.15) is 0 Å². The Bertz CT molecular complexity index is 736. The molecule has 6 nitrogen and oxygen atoms in total. The van der Waals surface area contributed by atoms with E-state index in [9.17, 15) is 14.7 Å². The fraction of sp³-hybridized carbons (Fsp3) is 0.300. The molecule has 2 aromatic carbocycles. The zero-order valence-corrected chi connectivity index (χ0v) is 14.4. The van der Waals surface area contributed by atoms with E-state index in [4.69, 9.17) is 0 Å². The second-order valence-electron chi connectivity index (χ2n) is 6.41. The highest BCUT2D eigenvalue weighted by molar-refractivity contribution is 5.97. The van der Waals surface area contributed by atoms with Crippen LogP contribution in [0.1, 0.15) is 22.0 Å². The molecule has 3 unspecified atom stereocenters. The fourth-order valence-electron chi connectivity index (χ4n) is 3.01. The molecule has 1 aliphatic heterocycles. The highest BCUT2D eigenvalue weighted by Gasteiger charge is 2.28. The zero-order chi connectivity index (χ0) is 18.4. The molecule has 3 rings (SSSR count). The Morgan fingerprint density at radius 3 is 2.31 bits per heavy atom. The van der Waals surface area contributed by atoms with Gasteiger partial charge in [0, 0.05) is 31.1 Å². The van der Waals surface area contributed by atoms with Crippen molar-refractivity contribution in [1.29, 1.82) is 0 Å². The molecule has 6 heteroatoms. The minimum Gasteiger partial charge on any atom is -0.391 e. The molecule has 0 spiro atoms. The minimum absolute atomic E-state index is 0.0276. The van der Waals surface area contributed by atoms with Gasteiger partial charge in [0.1, 0.15) is 6.04 Å². The van der Waals surface area contributed by atoms with Crippen LogP contribution in [0, 0.1) is 5.92 Å². The van der Waals surface area contributed by atoms with Crippen LogP contribution in [0.4, 0.5) is 0 Å². The first-order valence-corrected chi connectivity index (χ1v) is 8.72. The van der Waals surface area contributed by atoms with Crippen molar-refractivity contribution in [2.45, 2.75) is 12.1 Å². The number of carbonyl (C=O) groups excluding carboxylic acids is 2. The summed E-state index contributed by atoms with van der Waals surface area (Å²) >= 11 is 0. The predicted octanol–water partition coefficient (Wildman–Crippen LogP) is 0.854. The van der Waals surface area contributed by atoms with Crippen molar-refractivity contribution in [3.8, 4) is 0 Å². The molecule has 1 heterocycles. The summed E-state index contributed by atoms with van der Waals surface area (Å²) in [6, 6.07) is 17.1. The van der Waals surface area contributed by atoms with Crippen molar-refractivity contribution in [2.75, 3.05) is 19.6 Å². The van der Waals surface area contributed by atoms with Crippen LogP contribution in [0.3, 0.4) is 0 Å². The molecule has 0 aliphatic carbocycles. The number of aliphatic hydroxyl groups excluding tert-OH is 1. The van der Waals surface area contributed by atoms with Gasteiger partial charge in [-0.25, -0.2) is 0 Å². The van der Waals surface area contributed by atoms with Crippen LogP contribution in [0.25, 0.3) is 0 Å². The predicted molar refractivity (Wildman–Crippen MR) is 98.5 cm³/mol. The lowest BCUT2D eigenvalue weighted by atomic mass is 10.0. The molecule has 1 saturated heterocycles. The third-order valence-electron chi connectivity index (χ3n) is 4.55. The van der Waals surface area contributed by atoms with Gasteiger partial charge >= 0.3 is 0 Å². The van der Waals surface area contributed by atoms with Crippen molar-refractivity contribution in [2.24, 2.45) is 5.92 Å². The third-order valence-corrected chi connectivity index (χ3v) is 4.55. The summed E-state index contributed by atoms with van der Waals surface area (Å²) in [7, 11) is 0. The highest BCUT2D eigenvalue weighted by Crippen LogP contribution is 2.15. The Hall–Kier alpha value is -2.70. The van der Waals surface area contributed by atoms with Gasteiger partial charge in [0.25, 0.3) is 5.91 Å². The summed E-state index contributed by atoms with van der Waals surface area (Å²) in [4.78, 5) is 25.3. The van der Waals surface area contributed by atoms with E-state index >= 15 is 0 Å². The van der Waals surface area contributed by atoms with Crippen LogP contribution in [0.2, 0.25) is 0 Å². The van der Waals surface area contributed by atoms with Gasteiger partial charge in [-0.3, -0.25) is 9.59 Å². The average Bonchev–Trinajstić information content (AvgIpc) is 3.10. The van der Waals surface area contributed by atoms with Crippen molar-refractivity contribution >= 4 is 11.8 Å². The maximum atomic E-state index is 12.7. The molecule has 1 aliphatic rings. The largest absolute Gasteiger partial charge is 0.391 e. The topological polar surface area (TPSA) is 90.5 Å². The summed E-state index contributed by atoms with van der Waals surface area (Å²) in [6.07, 6.45) is -0.468. The van der Waals surface area contributed by atoms with E-state index in [-0.39, 0.29) is 17.7 Å². The molecule has 26 heavy (non-hydrogen) atoms. The fourth-order valence-corrected chi connectivity index (χ4v) is 3.01. The number of nitrogens with one attached hydrogen (secondary N) is 3. The maximum absolute atomic E-state index is 12.7. The van der Waals surface area contributed by atoms with Crippen LogP contribution in [-0.2, 0) is 4.79 Å². The Labute approximate surface area is 152 Å². The second kappa shape index (κ2) is 8.60. The van der Waals surface area contributed by atoms with E-state index in [1.807, 2.05) is 36.4 Å². The quantitative estimate of drug-likeness (QED) is 0.620. The normalized spacial score (nSPS) is 20.3. The Kier molecular flexibility index (Phi) is 5.99. The third kappa shape index (κ3) is 4.47. The molecule has 2 aromatic rings. The van der Waals surface area contributed by atoms with Crippen LogP contribution in [-0.4, -0.2) is 42.7 Å². The number of aliphatic hydroxyl groups is 1. The van der Waals surface area contributed by atoms with E-state index in [1.54, 1.807) is 24.3 Å². The van der Waals surface area contributed by atoms with Crippen LogP contribution < -0.4 is 16.0 Å². The van der Waals surface area contributed by atoms with Crippen molar-refractivity contribution in [3.05, 3.63) is 71.8 Å². The second-order valence-corrected chi connectivity index (χ2v) is 6.41. The van der Waals surface area contributed by atoms with Gasteiger partial charge in [-0.05, 0) is 17.7 Å². The zero-order valence-electron chi connectivity index (χ0n) is 14.4. The molecule has 0 aromatic heterocycles. The molecule has 2 amide bonds. The lowest BCUT2D eigenvalue weighted by Gasteiger charge is -2.21. The minimum atomic E-state index is -0.796. The number of benzene rings is 2. The summed E-state index contributed by atoms with van der Waals surface area (Å²) in [6.45, 7) is 1.55. The molecule has 0 radical (unpaired) electrons. The van der Waals surface area contributed by atoms with Crippen LogP contribution >= 0.6 is 0 Å². The van der Waals surface area contributed by atoms with E-state index in [1.165, 1.54) is 0 Å². The standard InChI is InChI=1S/C20H23N3O3/c24-17-13-21-11-16(17)12-22-20(26)18(14-7-3-1-4-8-14)23-19(25)15-9-5-2-6-10-15/h1-10,16-18,21,24H,11-13H2,(H,22,26)(H,23,25). The molecular weight excluding hydrogens is 330 g/mol. The number of hydrogen-bond acceptors (Lipinski definition) is 4. The molecular formula is C20H23N3O3. The molecule has 1 fully saturated rings. The monoisotopic (exact) mass is 353 g/mol. The maximum Gasteiger partial charge on any atom is 0.252 e. The first kappa shape index (κ1) is 18.1. The van der Waals surface area contributed by atoms with Crippen molar-refractivity contribution in [1.82, 2.24) is 16.0 Å². The van der Waals surface area contributed by atoms with Gasteiger partial charge in [0.2, 0.25) is 5.91 Å². The van der Waals surface area contributed by atoms with Crippen molar-refractivity contribution in [3.63, 3.8) is 0 Å². The molecule has 136 valence electrons. The highest BCUT2D eigenvalue weighted by atomic mass is 16.3. The van der Waals surface area contributed by atoms with Crippen LogP contribution in [0.5, 0.6) is 0 Å².